The minimum atomic E-state index is -0.263. The highest BCUT2D eigenvalue weighted by molar-refractivity contribution is 5.96. The van der Waals surface area contributed by atoms with E-state index < -0.39 is 0 Å². The fourth-order valence-electron chi connectivity index (χ4n) is 4.32. The molecular weight excluding hydrogens is 426 g/mol. The van der Waals surface area contributed by atoms with E-state index in [1.54, 1.807) is 19.2 Å². The number of nitrogens with zero attached hydrogens (tertiary/aromatic N) is 1. The van der Waals surface area contributed by atoms with Crippen LogP contribution in [0.15, 0.2) is 78.9 Å². The first-order chi connectivity index (χ1) is 16.6. The summed E-state index contributed by atoms with van der Waals surface area (Å²) in [5, 5.41) is 5.72. The summed E-state index contributed by atoms with van der Waals surface area (Å²) in [7, 11) is 1.65. The third kappa shape index (κ3) is 6.02. The van der Waals surface area contributed by atoms with E-state index in [0.29, 0.717) is 12.1 Å². The Morgan fingerprint density at radius 3 is 2.15 bits per heavy atom. The summed E-state index contributed by atoms with van der Waals surface area (Å²) in [6, 6.07) is 25.5. The van der Waals surface area contributed by atoms with Crippen LogP contribution in [0.1, 0.15) is 34.8 Å². The summed E-state index contributed by atoms with van der Waals surface area (Å²) >= 11 is 0. The summed E-state index contributed by atoms with van der Waals surface area (Å²) in [5.74, 6) is 0.348. The van der Waals surface area contributed by atoms with Crippen molar-refractivity contribution in [2.45, 2.75) is 18.9 Å². The van der Waals surface area contributed by atoms with Gasteiger partial charge in [0.05, 0.1) is 19.7 Å². The molecule has 1 saturated heterocycles. The first kappa shape index (κ1) is 23.5. The third-order valence-corrected chi connectivity index (χ3v) is 6.24. The number of nitrogens with one attached hydrogen (secondary N) is 2. The minimum Gasteiger partial charge on any atom is -0.497 e. The second-order valence-corrected chi connectivity index (χ2v) is 8.46. The number of methoxy groups -OCH3 is 1. The van der Waals surface area contributed by atoms with Gasteiger partial charge in [-0.1, -0.05) is 54.6 Å². The second kappa shape index (κ2) is 11.5. The molecule has 0 aromatic heterocycles. The van der Waals surface area contributed by atoms with Crippen LogP contribution in [-0.2, 0) is 4.79 Å². The molecule has 3 aromatic carbocycles. The van der Waals surface area contributed by atoms with E-state index in [2.05, 4.69) is 27.7 Å². The average molecular weight is 458 g/mol. The smallest absolute Gasteiger partial charge is 0.251 e. The van der Waals surface area contributed by atoms with Crippen molar-refractivity contribution >= 4 is 11.8 Å². The van der Waals surface area contributed by atoms with Crippen LogP contribution < -0.4 is 15.4 Å². The van der Waals surface area contributed by atoms with E-state index >= 15 is 0 Å². The highest BCUT2D eigenvalue weighted by Gasteiger charge is 2.24. The predicted octanol–water partition coefficient (Wildman–Crippen LogP) is 4.05. The maximum Gasteiger partial charge on any atom is 0.251 e. The Balaban J connectivity index is 1.30. The maximum atomic E-state index is 12.5. The third-order valence-electron chi connectivity index (χ3n) is 6.24. The highest BCUT2D eigenvalue weighted by Crippen LogP contribution is 2.26. The Morgan fingerprint density at radius 1 is 0.853 bits per heavy atom. The van der Waals surface area contributed by atoms with E-state index in [-0.39, 0.29) is 24.4 Å². The van der Waals surface area contributed by atoms with Crippen LogP contribution in [0, 0.1) is 0 Å². The molecule has 176 valence electrons. The molecule has 1 aliphatic heterocycles. The fourth-order valence-corrected chi connectivity index (χ4v) is 4.32. The lowest BCUT2D eigenvalue weighted by atomic mass is 10.0. The van der Waals surface area contributed by atoms with Gasteiger partial charge >= 0.3 is 0 Å². The Labute approximate surface area is 200 Å². The first-order valence-electron chi connectivity index (χ1n) is 11.7. The van der Waals surface area contributed by atoms with Crippen molar-refractivity contribution in [3.63, 3.8) is 0 Å². The van der Waals surface area contributed by atoms with Crippen molar-refractivity contribution < 1.29 is 14.3 Å². The van der Waals surface area contributed by atoms with Crippen LogP contribution in [0.4, 0.5) is 0 Å². The summed E-state index contributed by atoms with van der Waals surface area (Å²) < 4.78 is 5.27. The van der Waals surface area contributed by atoms with Gasteiger partial charge in [-0.3, -0.25) is 14.5 Å². The van der Waals surface area contributed by atoms with E-state index in [4.69, 9.17) is 4.74 Å². The number of rotatable bonds is 9. The largest absolute Gasteiger partial charge is 0.497 e. The normalized spacial score (nSPS) is 14.4. The van der Waals surface area contributed by atoms with E-state index in [1.807, 2.05) is 54.6 Å². The molecule has 0 bridgehead atoms. The number of carbonyl (C=O) groups excluding carboxylic acids is 2. The quantitative estimate of drug-likeness (QED) is 0.509. The molecule has 1 atom stereocenters. The van der Waals surface area contributed by atoms with Crippen LogP contribution >= 0.6 is 0 Å². The molecule has 1 unspecified atom stereocenters. The molecule has 4 rings (SSSR count). The molecule has 0 saturated carbocycles. The van der Waals surface area contributed by atoms with E-state index in [0.717, 1.165) is 35.5 Å². The molecular formula is C28H31N3O3. The Kier molecular flexibility index (Phi) is 7.94. The summed E-state index contributed by atoms with van der Waals surface area (Å²) in [6.07, 6.45) is 2.33. The summed E-state index contributed by atoms with van der Waals surface area (Å²) in [6.45, 7) is 2.46. The van der Waals surface area contributed by atoms with Crippen LogP contribution in [0.5, 0.6) is 5.75 Å². The molecule has 1 fully saturated rings. The monoisotopic (exact) mass is 457 g/mol. The van der Waals surface area contributed by atoms with Gasteiger partial charge in [0.25, 0.3) is 5.91 Å². The van der Waals surface area contributed by atoms with Crippen LogP contribution in [0.3, 0.4) is 0 Å². The van der Waals surface area contributed by atoms with Crippen LogP contribution in [-0.4, -0.2) is 50.0 Å². The number of ether oxygens (including phenoxy) is 1. The van der Waals surface area contributed by atoms with Gasteiger partial charge in [-0.25, -0.2) is 0 Å². The highest BCUT2D eigenvalue weighted by atomic mass is 16.5. The Bertz CT molecular complexity index is 1080. The molecule has 1 heterocycles. The maximum absolute atomic E-state index is 12.5. The number of hydrogen-bond donors (Lipinski definition) is 2. The molecule has 0 radical (unpaired) electrons. The molecule has 34 heavy (non-hydrogen) atoms. The molecule has 1 aliphatic rings. The minimum absolute atomic E-state index is 0.0609. The zero-order chi connectivity index (χ0) is 23.8. The van der Waals surface area contributed by atoms with Crippen molar-refractivity contribution in [1.82, 2.24) is 15.5 Å². The average Bonchev–Trinajstić information content (AvgIpc) is 3.43. The van der Waals surface area contributed by atoms with Crippen molar-refractivity contribution in [2.24, 2.45) is 0 Å². The van der Waals surface area contributed by atoms with E-state index in [1.165, 1.54) is 12.8 Å². The van der Waals surface area contributed by atoms with Crippen LogP contribution in [0.25, 0.3) is 11.1 Å². The Morgan fingerprint density at radius 2 is 1.50 bits per heavy atom. The van der Waals surface area contributed by atoms with Crippen molar-refractivity contribution in [3.05, 3.63) is 90.0 Å². The molecule has 6 nitrogen and oxygen atoms in total. The molecule has 3 aromatic rings. The number of benzene rings is 3. The molecule has 6 heteroatoms. The van der Waals surface area contributed by atoms with Crippen molar-refractivity contribution in [2.75, 3.05) is 33.3 Å². The lowest BCUT2D eigenvalue weighted by molar-refractivity contribution is -0.120. The van der Waals surface area contributed by atoms with E-state index in [9.17, 15) is 9.59 Å². The Hall–Kier alpha value is -3.64. The van der Waals surface area contributed by atoms with Gasteiger partial charge in [-0.15, -0.1) is 0 Å². The summed E-state index contributed by atoms with van der Waals surface area (Å²) in [5.41, 5.74) is 3.81. The van der Waals surface area contributed by atoms with Gasteiger partial charge in [-0.05, 0) is 66.9 Å². The number of carbonyl (C=O) groups is 2. The topological polar surface area (TPSA) is 70.7 Å². The first-order valence-corrected chi connectivity index (χ1v) is 11.7. The van der Waals surface area contributed by atoms with Crippen LogP contribution in [0.2, 0.25) is 0 Å². The van der Waals surface area contributed by atoms with Gasteiger partial charge in [0.15, 0.2) is 0 Å². The van der Waals surface area contributed by atoms with Crippen molar-refractivity contribution in [3.8, 4) is 16.9 Å². The molecule has 2 N–H and O–H groups in total. The fraction of sp³-hybridized carbons (Fsp3) is 0.286. The SMILES string of the molecule is COc1ccc(C(CNC(=O)CNC(=O)c2ccc(-c3ccccc3)cc2)N2CCCC2)cc1. The van der Waals surface area contributed by atoms with Gasteiger partial charge in [-0.2, -0.15) is 0 Å². The number of likely N-dealkylation sites (tertiary alicyclic amines) is 1. The van der Waals surface area contributed by atoms with Gasteiger partial charge in [0.1, 0.15) is 5.75 Å². The lowest BCUT2D eigenvalue weighted by Crippen LogP contribution is -2.41. The molecule has 2 amide bonds. The zero-order valence-corrected chi connectivity index (χ0v) is 19.5. The van der Waals surface area contributed by atoms with Gasteiger partial charge in [0.2, 0.25) is 5.91 Å². The number of amides is 2. The standard InChI is InChI=1S/C28H31N3O3/c1-34-25-15-13-23(14-16-25)26(31-17-5-6-18-31)19-29-27(32)20-30-28(33)24-11-9-22(10-12-24)21-7-3-2-4-8-21/h2-4,7-16,26H,5-6,17-20H2,1H3,(H,29,32)(H,30,33). The molecule has 0 spiro atoms. The lowest BCUT2D eigenvalue weighted by Gasteiger charge is -2.28. The van der Waals surface area contributed by atoms with Gasteiger partial charge < -0.3 is 15.4 Å². The van der Waals surface area contributed by atoms with Gasteiger partial charge in [0, 0.05) is 12.1 Å². The number of hydrogen-bond acceptors (Lipinski definition) is 4. The second-order valence-electron chi connectivity index (χ2n) is 8.46. The molecule has 0 aliphatic carbocycles. The predicted molar refractivity (Wildman–Crippen MR) is 134 cm³/mol. The zero-order valence-electron chi connectivity index (χ0n) is 19.5. The van der Waals surface area contributed by atoms with Crippen molar-refractivity contribution in [1.29, 1.82) is 0 Å². The summed E-state index contributed by atoms with van der Waals surface area (Å²) in [4.78, 5) is 27.4.